The zero-order valence-corrected chi connectivity index (χ0v) is 9.34. The lowest BCUT2D eigenvalue weighted by Crippen LogP contribution is -2.13. The fourth-order valence-corrected chi connectivity index (χ4v) is 1.51. The molecule has 0 unspecified atom stereocenters. The van der Waals surface area contributed by atoms with E-state index < -0.39 is 0 Å². The summed E-state index contributed by atoms with van der Waals surface area (Å²) in [6.07, 6.45) is 13.7. The van der Waals surface area contributed by atoms with Crippen LogP contribution in [0.25, 0.3) is 0 Å². The predicted octanol–water partition coefficient (Wildman–Crippen LogP) is 3.56. The van der Waals surface area contributed by atoms with Crippen molar-refractivity contribution in [3.63, 3.8) is 0 Å². The number of nitrogens with one attached hydrogen (secondary N) is 1. The summed E-state index contributed by atoms with van der Waals surface area (Å²) in [4.78, 5) is 0. The summed E-state index contributed by atoms with van der Waals surface area (Å²) in [5.74, 6) is 0. The van der Waals surface area contributed by atoms with Crippen LogP contribution in [0.5, 0.6) is 0 Å². The predicted molar refractivity (Wildman–Crippen MR) is 63.1 cm³/mol. The van der Waals surface area contributed by atoms with Gasteiger partial charge in [-0.25, -0.2) is 0 Å². The largest absolute Gasteiger partial charge is 0.388 e. The Morgan fingerprint density at radius 1 is 1.43 bits per heavy atom. The third-order valence-electron chi connectivity index (χ3n) is 2.35. The first-order valence-corrected chi connectivity index (χ1v) is 5.68. The van der Waals surface area contributed by atoms with Crippen molar-refractivity contribution in [2.45, 2.75) is 39.5 Å². The summed E-state index contributed by atoms with van der Waals surface area (Å²) in [5.41, 5.74) is 2.71. The third kappa shape index (κ3) is 3.82. The molecule has 14 heavy (non-hydrogen) atoms. The van der Waals surface area contributed by atoms with Gasteiger partial charge in [0, 0.05) is 12.2 Å². The highest BCUT2D eigenvalue weighted by Gasteiger charge is 1.96. The zero-order valence-electron chi connectivity index (χ0n) is 9.34. The Bertz CT molecular complexity index is 246. The lowest BCUT2D eigenvalue weighted by molar-refractivity contribution is 0.741. The molecule has 0 radical (unpaired) electrons. The molecule has 1 nitrogen and oxygen atoms in total. The maximum Gasteiger partial charge on any atom is 0.0141 e. The molecule has 1 aliphatic carbocycles. The van der Waals surface area contributed by atoms with Crippen LogP contribution in [0, 0.1) is 0 Å². The average molecular weight is 191 g/mol. The Balaban J connectivity index is 2.53. The van der Waals surface area contributed by atoms with Gasteiger partial charge in [-0.3, -0.25) is 0 Å². The minimum atomic E-state index is 1.08. The Hall–Kier alpha value is -0.980. The van der Waals surface area contributed by atoms with E-state index in [0.717, 1.165) is 13.0 Å². The van der Waals surface area contributed by atoms with Gasteiger partial charge in [0.25, 0.3) is 0 Å². The van der Waals surface area contributed by atoms with Crippen molar-refractivity contribution in [1.82, 2.24) is 5.32 Å². The summed E-state index contributed by atoms with van der Waals surface area (Å²) in [6.45, 7) is 5.47. The van der Waals surface area contributed by atoms with Gasteiger partial charge in [-0.05, 0) is 37.3 Å². The van der Waals surface area contributed by atoms with Gasteiger partial charge in [-0.2, -0.15) is 0 Å². The van der Waals surface area contributed by atoms with Gasteiger partial charge in [-0.15, -0.1) is 0 Å². The van der Waals surface area contributed by atoms with Gasteiger partial charge in [0.15, 0.2) is 0 Å². The van der Waals surface area contributed by atoms with Crippen LogP contribution in [0.1, 0.15) is 39.5 Å². The fraction of sp³-hybridized carbons (Fsp3) is 0.538. The van der Waals surface area contributed by atoms with E-state index in [1.807, 2.05) is 0 Å². The minimum absolute atomic E-state index is 1.08. The van der Waals surface area contributed by atoms with Crippen LogP contribution >= 0.6 is 0 Å². The number of hydrogen-bond donors (Lipinski definition) is 1. The standard InChI is InChI=1S/C13H21N/c1-3-10-14-13(4-2)11-12-8-6-5-7-9-12/h6,8-9,11,14H,3-5,7,10H2,1-2H3/b13-11+. The lowest BCUT2D eigenvalue weighted by Gasteiger charge is -2.09. The maximum absolute atomic E-state index is 3.45. The number of allylic oxidation sites excluding steroid dienone is 6. The van der Waals surface area contributed by atoms with Gasteiger partial charge in [-0.1, -0.05) is 32.1 Å². The first-order chi connectivity index (χ1) is 6.86. The van der Waals surface area contributed by atoms with E-state index in [-0.39, 0.29) is 0 Å². The molecule has 1 aliphatic rings. The molecular weight excluding hydrogens is 170 g/mol. The fourth-order valence-electron chi connectivity index (χ4n) is 1.51. The molecule has 0 aliphatic heterocycles. The molecule has 0 aromatic heterocycles. The Morgan fingerprint density at radius 3 is 2.86 bits per heavy atom. The van der Waals surface area contributed by atoms with Crippen LogP contribution in [-0.2, 0) is 0 Å². The van der Waals surface area contributed by atoms with E-state index in [1.54, 1.807) is 0 Å². The third-order valence-corrected chi connectivity index (χ3v) is 2.35. The first-order valence-electron chi connectivity index (χ1n) is 5.68. The van der Waals surface area contributed by atoms with Gasteiger partial charge in [0.2, 0.25) is 0 Å². The molecule has 0 amide bonds. The normalized spacial score (nSPS) is 16.7. The second-order valence-corrected chi connectivity index (χ2v) is 3.63. The van der Waals surface area contributed by atoms with Crippen LogP contribution < -0.4 is 5.32 Å². The molecule has 1 N–H and O–H groups in total. The topological polar surface area (TPSA) is 12.0 Å². The SMILES string of the molecule is CCCN/C(=C/C1=CCCC=C1)CC. The molecule has 0 saturated heterocycles. The van der Waals surface area contributed by atoms with E-state index in [0.29, 0.717) is 0 Å². The Morgan fingerprint density at radius 2 is 2.29 bits per heavy atom. The van der Waals surface area contributed by atoms with E-state index in [1.165, 1.54) is 30.5 Å². The smallest absolute Gasteiger partial charge is 0.0141 e. The summed E-state index contributed by atoms with van der Waals surface area (Å²) in [6, 6.07) is 0. The van der Waals surface area contributed by atoms with Crippen molar-refractivity contribution in [3.05, 3.63) is 35.6 Å². The van der Waals surface area contributed by atoms with Crippen molar-refractivity contribution >= 4 is 0 Å². The number of rotatable bonds is 5. The Kier molecular flexibility index (Phi) is 5.13. The second kappa shape index (κ2) is 6.47. The molecule has 0 aromatic carbocycles. The average Bonchev–Trinajstić information content (AvgIpc) is 2.25. The van der Waals surface area contributed by atoms with E-state index in [9.17, 15) is 0 Å². The molecule has 0 atom stereocenters. The van der Waals surface area contributed by atoms with Crippen molar-refractivity contribution < 1.29 is 0 Å². The van der Waals surface area contributed by atoms with Gasteiger partial charge in [0.1, 0.15) is 0 Å². The van der Waals surface area contributed by atoms with Crippen molar-refractivity contribution in [1.29, 1.82) is 0 Å². The summed E-state index contributed by atoms with van der Waals surface area (Å²) < 4.78 is 0. The molecule has 0 heterocycles. The Labute approximate surface area is 87.6 Å². The number of hydrogen-bond acceptors (Lipinski definition) is 1. The van der Waals surface area contributed by atoms with Crippen LogP contribution in [-0.4, -0.2) is 6.54 Å². The van der Waals surface area contributed by atoms with E-state index >= 15 is 0 Å². The minimum Gasteiger partial charge on any atom is -0.388 e. The second-order valence-electron chi connectivity index (χ2n) is 3.63. The quantitative estimate of drug-likeness (QED) is 0.700. The van der Waals surface area contributed by atoms with Crippen LogP contribution in [0.3, 0.4) is 0 Å². The molecule has 1 rings (SSSR count). The molecular formula is C13H21N. The zero-order chi connectivity index (χ0) is 10.2. The molecule has 0 spiro atoms. The highest BCUT2D eigenvalue weighted by atomic mass is 14.9. The van der Waals surface area contributed by atoms with E-state index in [2.05, 4.69) is 43.5 Å². The maximum atomic E-state index is 3.45. The van der Waals surface area contributed by atoms with Crippen molar-refractivity contribution in [2.24, 2.45) is 0 Å². The van der Waals surface area contributed by atoms with Crippen LogP contribution in [0.2, 0.25) is 0 Å². The highest BCUT2D eigenvalue weighted by Crippen LogP contribution is 2.12. The van der Waals surface area contributed by atoms with Crippen molar-refractivity contribution in [2.75, 3.05) is 6.54 Å². The van der Waals surface area contributed by atoms with Gasteiger partial charge >= 0.3 is 0 Å². The summed E-state index contributed by atoms with van der Waals surface area (Å²) >= 11 is 0. The summed E-state index contributed by atoms with van der Waals surface area (Å²) in [5, 5.41) is 3.45. The van der Waals surface area contributed by atoms with Crippen LogP contribution in [0.4, 0.5) is 0 Å². The monoisotopic (exact) mass is 191 g/mol. The molecule has 1 heteroatoms. The molecule has 0 fully saturated rings. The molecule has 78 valence electrons. The first kappa shape index (κ1) is 11.1. The molecule has 0 saturated carbocycles. The van der Waals surface area contributed by atoms with Crippen LogP contribution in [0.15, 0.2) is 35.6 Å². The van der Waals surface area contributed by atoms with Gasteiger partial charge < -0.3 is 5.32 Å². The molecule has 0 aromatic rings. The highest BCUT2D eigenvalue weighted by molar-refractivity contribution is 5.34. The lowest BCUT2D eigenvalue weighted by atomic mass is 10.1. The van der Waals surface area contributed by atoms with Gasteiger partial charge in [0.05, 0.1) is 0 Å². The van der Waals surface area contributed by atoms with E-state index in [4.69, 9.17) is 0 Å². The molecule has 0 bridgehead atoms. The summed E-state index contributed by atoms with van der Waals surface area (Å²) in [7, 11) is 0. The van der Waals surface area contributed by atoms with Crippen molar-refractivity contribution in [3.8, 4) is 0 Å².